The monoisotopic (exact) mass is 255 g/mol. The molecule has 0 aromatic rings. The molecule has 3 nitrogen and oxygen atoms in total. The molecule has 18 heavy (non-hydrogen) atoms. The molecule has 0 aromatic carbocycles. The Morgan fingerprint density at radius 3 is 2.56 bits per heavy atom. The maximum Gasteiger partial charge on any atom is 0.0964 e. The van der Waals surface area contributed by atoms with Crippen LogP contribution in [0.1, 0.15) is 46.0 Å². The first-order valence-corrected chi connectivity index (χ1v) is 7.74. The van der Waals surface area contributed by atoms with Crippen LogP contribution in [0.25, 0.3) is 0 Å². The highest BCUT2D eigenvalue weighted by Gasteiger charge is 2.33. The standard InChI is InChI=1S/C15H29NO2/c1-3-8-16-15(14-11-17-9-10-18-14)13-6-4-12(2)5-7-13/h12-16H,3-11H2,1-2H3. The molecule has 1 heterocycles. The molecule has 0 radical (unpaired) electrons. The van der Waals surface area contributed by atoms with Crippen molar-refractivity contribution >= 4 is 0 Å². The molecule has 106 valence electrons. The van der Waals surface area contributed by atoms with Crippen LogP contribution >= 0.6 is 0 Å². The van der Waals surface area contributed by atoms with Crippen LogP contribution in [0.3, 0.4) is 0 Å². The molecule has 1 aliphatic heterocycles. The van der Waals surface area contributed by atoms with E-state index >= 15 is 0 Å². The predicted molar refractivity (Wildman–Crippen MR) is 73.8 cm³/mol. The molecule has 2 fully saturated rings. The average Bonchev–Trinajstić information content (AvgIpc) is 2.42. The van der Waals surface area contributed by atoms with E-state index in [0.29, 0.717) is 6.04 Å². The molecule has 2 atom stereocenters. The lowest BCUT2D eigenvalue weighted by Gasteiger charge is -2.39. The maximum atomic E-state index is 5.93. The van der Waals surface area contributed by atoms with E-state index in [9.17, 15) is 0 Å². The fraction of sp³-hybridized carbons (Fsp3) is 1.00. The highest BCUT2D eigenvalue weighted by Crippen LogP contribution is 2.32. The Labute approximate surface area is 112 Å². The average molecular weight is 255 g/mol. The van der Waals surface area contributed by atoms with Crippen molar-refractivity contribution in [3.05, 3.63) is 0 Å². The minimum atomic E-state index is 0.267. The van der Waals surface area contributed by atoms with Gasteiger partial charge in [0.2, 0.25) is 0 Å². The van der Waals surface area contributed by atoms with Gasteiger partial charge in [-0.2, -0.15) is 0 Å². The summed E-state index contributed by atoms with van der Waals surface area (Å²) in [6, 6.07) is 0.498. The quantitative estimate of drug-likeness (QED) is 0.819. The summed E-state index contributed by atoms with van der Waals surface area (Å²) in [5, 5.41) is 3.72. The van der Waals surface area contributed by atoms with Gasteiger partial charge in [0, 0.05) is 6.04 Å². The van der Waals surface area contributed by atoms with Gasteiger partial charge < -0.3 is 14.8 Å². The van der Waals surface area contributed by atoms with E-state index in [1.807, 2.05) is 0 Å². The Hall–Kier alpha value is -0.120. The fourth-order valence-electron chi connectivity index (χ4n) is 3.27. The number of ether oxygens (including phenoxy) is 2. The third kappa shape index (κ3) is 3.94. The van der Waals surface area contributed by atoms with Crippen molar-refractivity contribution in [2.75, 3.05) is 26.4 Å². The van der Waals surface area contributed by atoms with E-state index in [4.69, 9.17) is 9.47 Å². The van der Waals surface area contributed by atoms with Crippen LogP contribution in [0, 0.1) is 11.8 Å². The molecular weight excluding hydrogens is 226 g/mol. The van der Waals surface area contributed by atoms with Crippen molar-refractivity contribution < 1.29 is 9.47 Å². The summed E-state index contributed by atoms with van der Waals surface area (Å²) in [5.74, 6) is 1.69. The third-order valence-electron chi connectivity index (χ3n) is 4.44. The van der Waals surface area contributed by atoms with Gasteiger partial charge in [-0.05, 0) is 37.6 Å². The molecule has 0 aromatic heterocycles. The van der Waals surface area contributed by atoms with Gasteiger partial charge in [-0.15, -0.1) is 0 Å². The molecule has 3 heteroatoms. The summed E-state index contributed by atoms with van der Waals surface area (Å²) in [5.41, 5.74) is 0. The normalized spacial score (nSPS) is 35.3. The highest BCUT2D eigenvalue weighted by molar-refractivity contribution is 4.87. The lowest BCUT2D eigenvalue weighted by atomic mass is 9.77. The van der Waals surface area contributed by atoms with Gasteiger partial charge in [-0.3, -0.25) is 0 Å². The Morgan fingerprint density at radius 2 is 1.94 bits per heavy atom. The second-order valence-electron chi connectivity index (χ2n) is 5.98. The molecule has 0 amide bonds. The molecule has 1 N–H and O–H groups in total. The van der Waals surface area contributed by atoms with E-state index < -0.39 is 0 Å². The van der Waals surface area contributed by atoms with Crippen LogP contribution in [0.5, 0.6) is 0 Å². The van der Waals surface area contributed by atoms with Gasteiger partial charge in [0.25, 0.3) is 0 Å². The molecule has 1 saturated carbocycles. The largest absolute Gasteiger partial charge is 0.376 e. The number of nitrogens with one attached hydrogen (secondary N) is 1. The zero-order chi connectivity index (χ0) is 12.8. The summed E-state index contributed by atoms with van der Waals surface area (Å²) in [6.07, 6.45) is 6.91. The number of rotatable bonds is 5. The van der Waals surface area contributed by atoms with Crippen molar-refractivity contribution in [2.24, 2.45) is 11.8 Å². The lowest BCUT2D eigenvalue weighted by molar-refractivity contribution is -0.111. The van der Waals surface area contributed by atoms with Crippen LogP contribution in [0.4, 0.5) is 0 Å². The van der Waals surface area contributed by atoms with E-state index in [1.165, 1.54) is 32.1 Å². The van der Waals surface area contributed by atoms with Gasteiger partial charge in [0.15, 0.2) is 0 Å². The van der Waals surface area contributed by atoms with E-state index in [0.717, 1.165) is 38.2 Å². The van der Waals surface area contributed by atoms with Crippen molar-refractivity contribution in [1.29, 1.82) is 0 Å². The molecule has 0 bridgehead atoms. The van der Waals surface area contributed by atoms with Gasteiger partial charge in [0.05, 0.1) is 25.9 Å². The number of hydrogen-bond acceptors (Lipinski definition) is 3. The Morgan fingerprint density at radius 1 is 1.17 bits per heavy atom. The van der Waals surface area contributed by atoms with Crippen molar-refractivity contribution in [2.45, 2.75) is 58.1 Å². The zero-order valence-electron chi connectivity index (χ0n) is 12.0. The first kappa shape index (κ1) is 14.3. The van der Waals surface area contributed by atoms with Crippen LogP contribution in [-0.4, -0.2) is 38.5 Å². The lowest BCUT2D eigenvalue weighted by Crippen LogP contribution is -2.51. The second-order valence-corrected chi connectivity index (χ2v) is 5.98. The smallest absolute Gasteiger partial charge is 0.0964 e. The van der Waals surface area contributed by atoms with Gasteiger partial charge in [-0.1, -0.05) is 26.7 Å². The van der Waals surface area contributed by atoms with E-state index in [-0.39, 0.29) is 6.10 Å². The minimum absolute atomic E-state index is 0.267. The first-order chi connectivity index (χ1) is 8.81. The van der Waals surface area contributed by atoms with Crippen molar-refractivity contribution in [3.8, 4) is 0 Å². The molecular formula is C15H29NO2. The minimum Gasteiger partial charge on any atom is -0.376 e. The predicted octanol–water partition coefficient (Wildman–Crippen LogP) is 2.60. The SMILES string of the molecule is CCCNC(C1CCC(C)CC1)C1COCCO1. The number of hydrogen-bond donors (Lipinski definition) is 1. The maximum absolute atomic E-state index is 5.93. The summed E-state index contributed by atoms with van der Waals surface area (Å²) in [7, 11) is 0. The van der Waals surface area contributed by atoms with Crippen LogP contribution in [0.2, 0.25) is 0 Å². The Bertz CT molecular complexity index is 221. The van der Waals surface area contributed by atoms with Gasteiger partial charge in [0.1, 0.15) is 0 Å². The van der Waals surface area contributed by atoms with Gasteiger partial charge in [-0.25, -0.2) is 0 Å². The summed E-state index contributed by atoms with van der Waals surface area (Å²) < 4.78 is 11.5. The molecule has 0 spiro atoms. The first-order valence-electron chi connectivity index (χ1n) is 7.74. The fourth-order valence-corrected chi connectivity index (χ4v) is 3.27. The molecule has 1 aliphatic carbocycles. The molecule has 2 rings (SSSR count). The summed E-state index contributed by atoms with van der Waals surface area (Å²) in [6.45, 7) is 8.00. The molecule has 2 unspecified atom stereocenters. The van der Waals surface area contributed by atoms with Crippen molar-refractivity contribution in [3.63, 3.8) is 0 Å². The van der Waals surface area contributed by atoms with Crippen LogP contribution < -0.4 is 5.32 Å². The second kappa shape index (κ2) is 7.46. The molecule has 2 aliphatic rings. The van der Waals surface area contributed by atoms with Gasteiger partial charge >= 0.3 is 0 Å². The van der Waals surface area contributed by atoms with E-state index in [2.05, 4.69) is 19.2 Å². The Kier molecular flexibility index (Phi) is 5.93. The van der Waals surface area contributed by atoms with Crippen LogP contribution in [0.15, 0.2) is 0 Å². The topological polar surface area (TPSA) is 30.5 Å². The summed E-state index contributed by atoms with van der Waals surface area (Å²) in [4.78, 5) is 0. The zero-order valence-corrected chi connectivity index (χ0v) is 12.0. The van der Waals surface area contributed by atoms with Crippen LogP contribution in [-0.2, 0) is 9.47 Å². The Balaban J connectivity index is 1.90. The van der Waals surface area contributed by atoms with E-state index in [1.54, 1.807) is 0 Å². The third-order valence-corrected chi connectivity index (χ3v) is 4.44. The highest BCUT2D eigenvalue weighted by atomic mass is 16.6. The molecule has 1 saturated heterocycles. The van der Waals surface area contributed by atoms with Crippen molar-refractivity contribution in [1.82, 2.24) is 5.32 Å². The summed E-state index contributed by atoms with van der Waals surface area (Å²) >= 11 is 0.